The van der Waals surface area contributed by atoms with Gasteiger partial charge in [0.1, 0.15) is 0 Å². The van der Waals surface area contributed by atoms with Crippen molar-refractivity contribution in [2.24, 2.45) is 13.0 Å². The van der Waals surface area contributed by atoms with E-state index in [-0.39, 0.29) is 6.61 Å². The fourth-order valence-electron chi connectivity index (χ4n) is 2.50. The lowest BCUT2D eigenvalue weighted by Crippen LogP contribution is -2.23. The van der Waals surface area contributed by atoms with Gasteiger partial charge < -0.3 is 10.4 Å². The zero-order chi connectivity index (χ0) is 14.5. The van der Waals surface area contributed by atoms with Gasteiger partial charge in [0.25, 0.3) is 0 Å². The van der Waals surface area contributed by atoms with Gasteiger partial charge in [0, 0.05) is 31.8 Å². The second-order valence-corrected chi connectivity index (χ2v) is 5.34. The molecule has 0 aromatic carbocycles. The van der Waals surface area contributed by atoms with E-state index in [9.17, 15) is 0 Å². The smallest absolute Gasteiger partial charge is 0.157 e. The molecule has 0 bridgehead atoms. The number of fused-ring (bicyclic) bond motifs is 1. The summed E-state index contributed by atoms with van der Waals surface area (Å²) < 4.78 is 1.82. The molecule has 2 aromatic heterocycles. The van der Waals surface area contributed by atoms with Gasteiger partial charge in [-0.1, -0.05) is 13.3 Å². The van der Waals surface area contributed by atoms with Gasteiger partial charge in [-0.25, -0.2) is 4.98 Å². The molecule has 0 aliphatic carbocycles. The fourth-order valence-corrected chi connectivity index (χ4v) is 2.50. The molecular weight excluding hydrogens is 252 g/mol. The molecule has 1 atom stereocenters. The highest BCUT2D eigenvalue weighted by atomic mass is 16.3. The third-order valence-electron chi connectivity index (χ3n) is 3.80. The molecule has 2 rings (SSSR count). The summed E-state index contributed by atoms with van der Waals surface area (Å²) >= 11 is 0. The molecule has 2 heterocycles. The predicted octanol–water partition coefficient (Wildman–Crippen LogP) is 1.77. The van der Waals surface area contributed by atoms with E-state index >= 15 is 0 Å². The van der Waals surface area contributed by atoms with E-state index < -0.39 is 0 Å². The highest BCUT2D eigenvalue weighted by Crippen LogP contribution is 2.16. The van der Waals surface area contributed by atoms with Crippen molar-refractivity contribution in [3.05, 3.63) is 23.5 Å². The molecule has 20 heavy (non-hydrogen) atoms. The van der Waals surface area contributed by atoms with Crippen LogP contribution in [-0.2, 0) is 13.6 Å². The van der Waals surface area contributed by atoms with E-state index in [1.165, 1.54) is 5.56 Å². The van der Waals surface area contributed by atoms with E-state index in [1.807, 2.05) is 24.9 Å². The Hall–Kier alpha value is -1.46. The number of pyridine rings is 1. The molecule has 0 radical (unpaired) electrons. The van der Waals surface area contributed by atoms with Crippen LogP contribution in [0.15, 0.2) is 12.3 Å². The Bertz CT molecular complexity index is 564. The fraction of sp³-hybridized carbons (Fsp3) is 0.600. The molecule has 0 saturated carbocycles. The predicted molar refractivity (Wildman–Crippen MR) is 80.4 cm³/mol. The number of rotatable bonds is 7. The van der Waals surface area contributed by atoms with E-state index in [2.05, 4.69) is 28.4 Å². The summed E-state index contributed by atoms with van der Waals surface area (Å²) in [7, 11) is 1.92. The summed E-state index contributed by atoms with van der Waals surface area (Å²) in [5, 5.41) is 17.9. The van der Waals surface area contributed by atoms with Crippen molar-refractivity contribution in [2.75, 3.05) is 13.2 Å². The van der Waals surface area contributed by atoms with Crippen molar-refractivity contribution in [2.45, 2.75) is 33.2 Å². The first-order valence-electron chi connectivity index (χ1n) is 7.25. The Kier molecular flexibility index (Phi) is 5.09. The largest absolute Gasteiger partial charge is 0.396 e. The molecule has 5 heteroatoms. The highest BCUT2D eigenvalue weighted by molar-refractivity contribution is 5.78. The maximum Gasteiger partial charge on any atom is 0.157 e. The number of hydrogen-bond donors (Lipinski definition) is 2. The van der Waals surface area contributed by atoms with Gasteiger partial charge in [0.15, 0.2) is 5.65 Å². The Morgan fingerprint density at radius 1 is 1.45 bits per heavy atom. The number of aliphatic hydroxyl groups excluding tert-OH is 1. The van der Waals surface area contributed by atoms with Crippen LogP contribution in [0.3, 0.4) is 0 Å². The van der Waals surface area contributed by atoms with Gasteiger partial charge in [-0.05, 0) is 37.4 Å². The van der Waals surface area contributed by atoms with Crippen LogP contribution in [0.4, 0.5) is 0 Å². The van der Waals surface area contributed by atoms with Crippen LogP contribution in [0.25, 0.3) is 11.0 Å². The third-order valence-corrected chi connectivity index (χ3v) is 3.80. The third kappa shape index (κ3) is 3.35. The SMILES string of the molecule is CCC(CCO)CNCc1cnc2c(c1)c(C)nn2C. The lowest BCUT2D eigenvalue weighted by atomic mass is 10.0. The van der Waals surface area contributed by atoms with Crippen molar-refractivity contribution in [1.82, 2.24) is 20.1 Å². The minimum absolute atomic E-state index is 0.266. The Morgan fingerprint density at radius 3 is 2.95 bits per heavy atom. The maximum absolute atomic E-state index is 8.99. The first-order valence-corrected chi connectivity index (χ1v) is 7.25. The highest BCUT2D eigenvalue weighted by Gasteiger charge is 2.08. The van der Waals surface area contributed by atoms with Crippen LogP contribution < -0.4 is 5.32 Å². The summed E-state index contributed by atoms with van der Waals surface area (Å²) in [5.74, 6) is 0.539. The Balaban J connectivity index is 1.98. The first kappa shape index (κ1) is 14.9. The summed E-state index contributed by atoms with van der Waals surface area (Å²) in [6.45, 7) is 6.17. The Labute approximate surface area is 120 Å². The van der Waals surface area contributed by atoms with Gasteiger partial charge in [-0.15, -0.1) is 0 Å². The zero-order valence-corrected chi connectivity index (χ0v) is 12.6. The van der Waals surface area contributed by atoms with Gasteiger partial charge in [0.05, 0.1) is 5.69 Å². The van der Waals surface area contributed by atoms with E-state index in [1.54, 1.807) is 0 Å². The van der Waals surface area contributed by atoms with Crippen LogP contribution in [0.2, 0.25) is 0 Å². The lowest BCUT2D eigenvalue weighted by Gasteiger charge is -2.14. The molecule has 5 nitrogen and oxygen atoms in total. The topological polar surface area (TPSA) is 63.0 Å². The standard InChI is InChI=1S/C15H24N4O/c1-4-12(5-6-20)8-16-9-13-7-14-11(2)18-19(3)15(14)17-10-13/h7,10,12,16,20H,4-6,8-9H2,1-3H3. The number of aliphatic hydroxyl groups is 1. The minimum atomic E-state index is 0.266. The van der Waals surface area contributed by atoms with Crippen LogP contribution in [0, 0.1) is 12.8 Å². The van der Waals surface area contributed by atoms with E-state index in [0.29, 0.717) is 5.92 Å². The number of aryl methyl sites for hydroxylation is 2. The van der Waals surface area contributed by atoms with E-state index in [0.717, 1.165) is 42.7 Å². The zero-order valence-electron chi connectivity index (χ0n) is 12.6. The molecule has 1 unspecified atom stereocenters. The van der Waals surface area contributed by atoms with Crippen LogP contribution in [0.5, 0.6) is 0 Å². The quantitative estimate of drug-likeness (QED) is 0.809. The molecule has 0 saturated heterocycles. The molecule has 2 N–H and O–H groups in total. The van der Waals surface area contributed by atoms with Crippen LogP contribution in [0.1, 0.15) is 31.0 Å². The van der Waals surface area contributed by atoms with Gasteiger partial charge >= 0.3 is 0 Å². The summed E-state index contributed by atoms with van der Waals surface area (Å²) in [4.78, 5) is 4.48. The number of nitrogens with zero attached hydrogens (tertiary/aromatic N) is 3. The van der Waals surface area contributed by atoms with Crippen LogP contribution >= 0.6 is 0 Å². The number of hydrogen-bond acceptors (Lipinski definition) is 4. The summed E-state index contributed by atoms with van der Waals surface area (Å²) in [6.07, 6.45) is 3.86. The average molecular weight is 276 g/mol. The van der Waals surface area contributed by atoms with Gasteiger partial charge in [-0.3, -0.25) is 4.68 Å². The van der Waals surface area contributed by atoms with E-state index in [4.69, 9.17) is 5.11 Å². The van der Waals surface area contributed by atoms with Crippen LogP contribution in [-0.4, -0.2) is 33.0 Å². The molecule has 0 amide bonds. The molecule has 110 valence electrons. The molecule has 0 aliphatic heterocycles. The monoisotopic (exact) mass is 276 g/mol. The maximum atomic E-state index is 8.99. The van der Waals surface area contributed by atoms with Crippen molar-refractivity contribution < 1.29 is 5.11 Å². The van der Waals surface area contributed by atoms with Crippen molar-refractivity contribution in [3.8, 4) is 0 Å². The second-order valence-electron chi connectivity index (χ2n) is 5.34. The second kappa shape index (κ2) is 6.81. The molecule has 2 aromatic rings. The van der Waals surface area contributed by atoms with Crippen molar-refractivity contribution >= 4 is 11.0 Å². The number of aromatic nitrogens is 3. The van der Waals surface area contributed by atoms with Crippen molar-refractivity contribution in [1.29, 1.82) is 0 Å². The Morgan fingerprint density at radius 2 is 2.25 bits per heavy atom. The first-order chi connectivity index (χ1) is 9.65. The molecule has 0 spiro atoms. The average Bonchev–Trinajstić information content (AvgIpc) is 2.73. The summed E-state index contributed by atoms with van der Waals surface area (Å²) in [5.41, 5.74) is 3.12. The van der Waals surface area contributed by atoms with Gasteiger partial charge in [0.2, 0.25) is 0 Å². The molecular formula is C15H24N4O. The molecule has 0 fully saturated rings. The lowest BCUT2D eigenvalue weighted by molar-refractivity contribution is 0.251. The summed E-state index contributed by atoms with van der Waals surface area (Å²) in [6, 6.07) is 2.16. The molecule has 0 aliphatic rings. The number of nitrogens with one attached hydrogen (secondary N) is 1. The van der Waals surface area contributed by atoms with Gasteiger partial charge in [-0.2, -0.15) is 5.10 Å². The van der Waals surface area contributed by atoms with Crippen molar-refractivity contribution in [3.63, 3.8) is 0 Å². The normalized spacial score (nSPS) is 13.0. The minimum Gasteiger partial charge on any atom is -0.396 e.